The summed E-state index contributed by atoms with van der Waals surface area (Å²) in [5, 5.41) is 5.74. The lowest BCUT2D eigenvalue weighted by molar-refractivity contribution is 0.759. The van der Waals surface area contributed by atoms with Crippen LogP contribution in [0.4, 0.5) is 0 Å². The van der Waals surface area contributed by atoms with E-state index >= 15 is 0 Å². The summed E-state index contributed by atoms with van der Waals surface area (Å²) in [6.07, 6.45) is 3.80. The molecule has 1 aromatic carbocycles. The van der Waals surface area contributed by atoms with E-state index < -0.39 is 0 Å². The number of aromatic nitrogens is 1. The van der Waals surface area contributed by atoms with Crippen LogP contribution in [0.15, 0.2) is 47.7 Å². The van der Waals surface area contributed by atoms with Crippen LogP contribution in [0.25, 0.3) is 10.8 Å². The van der Waals surface area contributed by atoms with E-state index in [0.29, 0.717) is 0 Å². The van der Waals surface area contributed by atoms with Gasteiger partial charge in [-0.25, -0.2) is 0 Å². The summed E-state index contributed by atoms with van der Waals surface area (Å²) in [6, 6.07) is 8.28. The van der Waals surface area contributed by atoms with Crippen LogP contribution in [-0.4, -0.2) is 11.5 Å². The van der Waals surface area contributed by atoms with E-state index in [4.69, 9.17) is 0 Å². The monoisotopic (exact) mass is 276 g/mol. The van der Waals surface area contributed by atoms with E-state index in [0.717, 1.165) is 17.6 Å². The summed E-state index contributed by atoms with van der Waals surface area (Å²) in [5.41, 5.74) is 1.21. The summed E-state index contributed by atoms with van der Waals surface area (Å²) in [7, 11) is 0. The quantitative estimate of drug-likeness (QED) is 0.928. The first-order chi connectivity index (χ1) is 7.77. The summed E-state index contributed by atoms with van der Waals surface area (Å²) < 4.78 is 0.959. The Kier molecular flexibility index (Phi) is 3.70. The standard InChI is InChI=1S/C13H13BrN2/c1-10(14)6-15-8-12-9-16-7-11-4-2-3-5-13(11)12/h2-5,7,9,15H,1,6,8H2. The number of hydrogen-bond acceptors (Lipinski definition) is 2. The number of fused-ring (bicyclic) bond motifs is 1. The van der Waals surface area contributed by atoms with Crippen molar-refractivity contribution in [3.05, 3.63) is 53.3 Å². The highest BCUT2D eigenvalue weighted by atomic mass is 79.9. The van der Waals surface area contributed by atoms with Gasteiger partial charge in [-0.05, 0) is 10.9 Å². The van der Waals surface area contributed by atoms with Crippen LogP contribution < -0.4 is 5.32 Å². The summed E-state index contributed by atoms with van der Waals surface area (Å²) in [6.45, 7) is 5.36. The first-order valence-electron chi connectivity index (χ1n) is 5.13. The second-order valence-corrected chi connectivity index (χ2v) is 4.76. The molecule has 1 aromatic heterocycles. The van der Waals surface area contributed by atoms with E-state index in [2.05, 4.69) is 51.0 Å². The molecule has 0 amide bonds. The summed E-state index contributed by atoms with van der Waals surface area (Å²) in [4.78, 5) is 4.24. The maximum atomic E-state index is 4.24. The molecule has 1 N–H and O–H groups in total. The molecule has 16 heavy (non-hydrogen) atoms. The molecule has 82 valence electrons. The molecular formula is C13H13BrN2. The molecule has 0 bridgehead atoms. The second kappa shape index (κ2) is 5.23. The van der Waals surface area contributed by atoms with E-state index in [9.17, 15) is 0 Å². The van der Waals surface area contributed by atoms with Gasteiger partial charge in [0.15, 0.2) is 0 Å². The minimum absolute atomic E-state index is 0.767. The predicted molar refractivity (Wildman–Crippen MR) is 71.5 cm³/mol. The fourth-order valence-electron chi connectivity index (χ4n) is 1.65. The Hall–Kier alpha value is -1.19. The van der Waals surface area contributed by atoms with Crippen molar-refractivity contribution in [1.29, 1.82) is 0 Å². The largest absolute Gasteiger partial charge is 0.308 e. The molecule has 0 aliphatic heterocycles. The van der Waals surface area contributed by atoms with Gasteiger partial charge in [-0.1, -0.05) is 46.8 Å². The van der Waals surface area contributed by atoms with Crippen molar-refractivity contribution in [3.8, 4) is 0 Å². The maximum absolute atomic E-state index is 4.24. The molecule has 0 aliphatic carbocycles. The fourth-order valence-corrected chi connectivity index (χ4v) is 1.85. The molecule has 0 saturated carbocycles. The average molecular weight is 277 g/mol. The zero-order valence-electron chi connectivity index (χ0n) is 8.91. The van der Waals surface area contributed by atoms with Crippen molar-refractivity contribution in [3.63, 3.8) is 0 Å². The van der Waals surface area contributed by atoms with Gasteiger partial charge in [0.2, 0.25) is 0 Å². The minimum Gasteiger partial charge on any atom is -0.308 e. The van der Waals surface area contributed by atoms with Crippen LogP contribution in [0, 0.1) is 0 Å². The summed E-state index contributed by atoms with van der Waals surface area (Å²) >= 11 is 3.33. The zero-order chi connectivity index (χ0) is 11.4. The fraction of sp³-hybridized carbons (Fsp3) is 0.154. The number of nitrogens with one attached hydrogen (secondary N) is 1. The van der Waals surface area contributed by atoms with Crippen molar-refractivity contribution in [2.24, 2.45) is 0 Å². The first-order valence-corrected chi connectivity index (χ1v) is 5.92. The zero-order valence-corrected chi connectivity index (χ0v) is 10.5. The van der Waals surface area contributed by atoms with Crippen molar-refractivity contribution in [2.75, 3.05) is 6.54 Å². The molecule has 0 saturated heterocycles. The number of benzene rings is 1. The van der Waals surface area contributed by atoms with Gasteiger partial charge >= 0.3 is 0 Å². The Morgan fingerprint density at radius 3 is 2.94 bits per heavy atom. The Balaban J connectivity index is 2.20. The third-order valence-corrected chi connectivity index (χ3v) is 2.66. The Morgan fingerprint density at radius 1 is 1.31 bits per heavy atom. The van der Waals surface area contributed by atoms with E-state index in [1.807, 2.05) is 18.5 Å². The molecule has 0 atom stereocenters. The lowest BCUT2D eigenvalue weighted by Crippen LogP contribution is -2.14. The van der Waals surface area contributed by atoms with Gasteiger partial charge in [0, 0.05) is 35.4 Å². The Bertz CT molecular complexity index is 503. The van der Waals surface area contributed by atoms with Crippen molar-refractivity contribution >= 4 is 26.7 Å². The van der Waals surface area contributed by atoms with Crippen LogP contribution in [0.3, 0.4) is 0 Å². The molecule has 2 rings (SSSR count). The van der Waals surface area contributed by atoms with Gasteiger partial charge in [-0.3, -0.25) is 4.98 Å². The number of nitrogens with zero attached hydrogens (tertiary/aromatic N) is 1. The van der Waals surface area contributed by atoms with Gasteiger partial charge in [0.1, 0.15) is 0 Å². The smallest absolute Gasteiger partial charge is 0.0346 e. The first kappa shape index (κ1) is 11.3. The van der Waals surface area contributed by atoms with Crippen LogP contribution >= 0.6 is 15.9 Å². The van der Waals surface area contributed by atoms with Crippen LogP contribution in [0.2, 0.25) is 0 Å². The molecule has 0 unspecified atom stereocenters. The molecule has 2 nitrogen and oxygen atoms in total. The van der Waals surface area contributed by atoms with Crippen molar-refractivity contribution in [2.45, 2.75) is 6.54 Å². The SMILES string of the molecule is C=C(Br)CNCc1cncc2ccccc12. The highest BCUT2D eigenvalue weighted by Gasteiger charge is 2.00. The van der Waals surface area contributed by atoms with Gasteiger partial charge in [0.05, 0.1) is 0 Å². The van der Waals surface area contributed by atoms with E-state index in [1.165, 1.54) is 16.3 Å². The third kappa shape index (κ3) is 2.68. The van der Waals surface area contributed by atoms with Crippen molar-refractivity contribution in [1.82, 2.24) is 10.3 Å². The topological polar surface area (TPSA) is 24.9 Å². The lowest BCUT2D eigenvalue weighted by Gasteiger charge is -2.06. The Morgan fingerprint density at radius 2 is 2.12 bits per heavy atom. The highest BCUT2D eigenvalue weighted by molar-refractivity contribution is 9.11. The number of hydrogen-bond donors (Lipinski definition) is 1. The molecule has 0 fully saturated rings. The molecule has 3 heteroatoms. The summed E-state index contributed by atoms with van der Waals surface area (Å²) in [5.74, 6) is 0. The van der Waals surface area contributed by atoms with Crippen LogP contribution in [0.1, 0.15) is 5.56 Å². The Labute approximate surface area is 104 Å². The van der Waals surface area contributed by atoms with E-state index in [1.54, 1.807) is 0 Å². The van der Waals surface area contributed by atoms with Gasteiger partial charge in [0.25, 0.3) is 0 Å². The average Bonchev–Trinajstić information content (AvgIpc) is 2.29. The lowest BCUT2D eigenvalue weighted by atomic mass is 10.1. The normalized spacial score (nSPS) is 10.6. The van der Waals surface area contributed by atoms with Crippen LogP contribution in [-0.2, 0) is 6.54 Å². The third-order valence-electron chi connectivity index (χ3n) is 2.38. The molecular weight excluding hydrogens is 264 g/mol. The van der Waals surface area contributed by atoms with Gasteiger partial charge in [-0.2, -0.15) is 0 Å². The number of rotatable bonds is 4. The molecule has 2 aromatic rings. The van der Waals surface area contributed by atoms with Crippen LogP contribution in [0.5, 0.6) is 0 Å². The van der Waals surface area contributed by atoms with Gasteiger partial charge in [-0.15, -0.1) is 0 Å². The minimum atomic E-state index is 0.767. The molecule has 0 radical (unpaired) electrons. The molecule has 0 spiro atoms. The molecule has 0 aliphatic rings. The maximum Gasteiger partial charge on any atom is 0.0346 e. The molecule has 1 heterocycles. The highest BCUT2D eigenvalue weighted by Crippen LogP contribution is 2.16. The van der Waals surface area contributed by atoms with Gasteiger partial charge < -0.3 is 5.32 Å². The number of halogens is 1. The predicted octanol–water partition coefficient (Wildman–Crippen LogP) is 3.23. The second-order valence-electron chi connectivity index (χ2n) is 3.64. The van der Waals surface area contributed by atoms with Crippen molar-refractivity contribution < 1.29 is 0 Å². The number of pyridine rings is 1. The van der Waals surface area contributed by atoms with E-state index in [-0.39, 0.29) is 0 Å².